The lowest BCUT2D eigenvalue weighted by Crippen LogP contribution is -2.51. The molecule has 1 aliphatic heterocycles. The number of rotatable bonds is 8. The number of hydrogen-bond acceptors (Lipinski definition) is 3. The molecule has 0 radical (unpaired) electrons. The van der Waals surface area contributed by atoms with Crippen LogP contribution in [0, 0.1) is 11.8 Å². The molecule has 1 aliphatic rings. The minimum absolute atomic E-state index is 0. The van der Waals surface area contributed by atoms with Crippen molar-refractivity contribution in [1.29, 1.82) is 0 Å². The molecule has 0 bridgehead atoms. The topological polar surface area (TPSA) is 58.4 Å². The Morgan fingerprint density at radius 3 is 2.41 bits per heavy atom. The van der Waals surface area contributed by atoms with E-state index < -0.39 is 5.54 Å². The Labute approximate surface area is 143 Å². The molecule has 4 nitrogen and oxygen atoms in total. The van der Waals surface area contributed by atoms with E-state index in [0.29, 0.717) is 0 Å². The molecule has 22 heavy (non-hydrogen) atoms. The average molecular weight is 334 g/mol. The van der Waals surface area contributed by atoms with Gasteiger partial charge in [-0.2, -0.15) is 0 Å². The zero-order valence-corrected chi connectivity index (χ0v) is 15.7. The lowest BCUT2D eigenvalue weighted by molar-refractivity contribution is -0.126. The van der Waals surface area contributed by atoms with E-state index in [4.69, 9.17) is 5.73 Å². The van der Waals surface area contributed by atoms with Crippen LogP contribution in [0.3, 0.4) is 0 Å². The molecule has 0 aromatic rings. The van der Waals surface area contributed by atoms with Gasteiger partial charge in [0.25, 0.3) is 0 Å². The molecule has 1 saturated heterocycles. The summed E-state index contributed by atoms with van der Waals surface area (Å²) in [5.41, 5.74) is 5.30. The van der Waals surface area contributed by atoms with Crippen LogP contribution in [0.15, 0.2) is 0 Å². The second kappa shape index (κ2) is 10.5. The Bertz CT molecular complexity index is 313. The number of amides is 1. The molecule has 0 aliphatic carbocycles. The number of nitrogens with one attached hydrogen (secondary N) is 1. The molecule has 132 valence electrons. The van der Waals surface area contributed by atoms with Crippen LogP contribution in [-0.4, -0.2) is 42.5 Å². The summed E-state index contributed by atoms with van der Waals surface area (Å²) in [5, 5.41) is 2.98. The maximum Gasteiger partial charge on any atom is 0.239 e. The van der Waals surface area contributed by atoms with Crippen molar-refractivity contribution in [3.63, 3.8) is 0 Å². The molecule has 5 heteroatoms. The van der Waals surface area contributed by atoms with Crippen LogP contribution < -0.4 is 11.1 Å². The highest BCUT2D eigenvalue weighted by atomic mass is 35.5. The highest BCUT2D eigenvalue weighted by Gasteiger charge is 2.26. The minimum atomic E-state index is -0.716. The van der Waals surface area contributed by atoms with Gasteiger partial charge in [0.15, 0.2) is 0 Å². The van der Waals surface area contributed by atoms with Crippen molar-refractivity contribution in [2.75, 3.05) is 26.2 Å². The molecule has 0 aromatic heterocycles. The van der Waals surface area contributed by atoms with Crippen LogP contribution in [0.4, 0.5) is 0 Å². The van der Waals surface area contributed by atoms with Crippen molar-refractivity contribution in [2.24, 2.45) is 17.6 Å². The number of piperidine rings is 1. The van der Waals surface area contributed by atoms with Gasteiger partial charge in [-0.3, -0.25) is 4.79 Å². The predicted molar refractivity (Wildman–Crippen MR) is 96.4 cm³/mol. The fraction of sp³-hybridized carbons (Fsp3) is 0.941. The third-order valence-electron chi connectivity index (χ3n) is 4.42. The third-order valence-corrected chi connectivity index (χ3v) is 4.42. The molecular weight excluding hydrogens is 298 g/mol. The van der Waals surface area contributed by atoms with Crippen LogP contribution in [0.5, 0.6) is 0 Å². The van der Waals surface area contributed by atoms with Crippen molar-refractivity contribution in [3.05, 3.63) is 0 Å². The zero-order chi connectivity index (χ0) is 15.9. The normalized spacial score (nSPS) is 25.1. The Morgan fingerprint density at radius 2 is 1.86 bits per heavy atom. The van der Waals surface area contributed by atoms with E-state index in [-0.39, 0.29) is 18.3 Å². The first-order chi connectivity index (χ1) is 9.85. The van der Waals surface area contributed by atoms with E-state index in [2.05, 4.69) is 31.0 Å². The standard InChI is InChI=1S/C17H35N3O.ClH/c1-5-8-17(4,18)16(21)19-9-6-7-10-20-12-14(2)11-15(3)13-20;/h14-15H,5-13,18H2,1-4H3,(H,19,21);1H. The first-order valence-corrected chi connectivity index (χ1v) is 8.64. The number of halogens is 1. The van der Waals surface area contributed by atoms with Crippen LogP contribution in [0.1, 0.15) is 59.8 Å². The third kappa shape index (κ3) is 7.80. The first-order valence-electron chi connectivity index (χ1n) is 8.64. The highest BCUT2D eigenvalue weighted by Crippen LogP contribution is 2.20. The Balaban J connectivity index is 0.00000441. The van der Waals surface area contributed by atoms with E-state index in [1.165, 1.54) is 19.5 Å². The molecule has 1 rings (SSSR count). The number of nitrogens with zero attached hydrogens (tertiary/aromatic N) is 1. The fourth-order valence-electron chi connectivity index (χ4n) is 3.47. The van der Waals surface area contributed by atoms with E-state index in [1.54, 1.807) is 0 Å². The summed E-state index contributed by atoms with van der Waals surface area (Å²) < 4.78 is 0. The largest absolute Gasteiger partial charge is 0.355 e. The van der Waals surface area contributed by atoms with Crippen LogP contribution in [-0.2, 0) is 4.79 Å². The van der Waals surface area contributed by atoms with Gasteiger partial charge in [0.2, 0.25) is 5.91 Å². The maximum absolute atomic E-state index is 12.0. The molecule has 1 amide bonds. The van der Waals surface area contributed by atoms with Gasteiger partial charge in [0, 0.05) is 19.6 Å². The lowest BCUT2D eigenvalue weighted by Gasteiger charge is -2.35. The van der Waals surface area contributed by atoms with Crippen molar-refractivity contribution >= 4 is 18.3 Å². The van der Waals surface area contributed by atoms with Crippen LogP contribution in [0.2, 0.25) is 0 Å². The molecule has 0 saturated carbocycles. The summed E-state index contributed by atoms with van der Waals surface area (Å²) in [4.78, 5) is 14.5. The van der Waals surface area contributed by atoms with Gasteiger partial charge in [0.05, 0.1) is 5.54 Å². The monoisotopic (exact) mass is 333 g/mol. The Morgan fingerprint density at radius 1 is 1.27 bits per heavy atom. The summed E-state index contributed by atoms with van der Waals surface area (Å²) in [7, 11) is 0. The van der Waals surface area contributed by atoms with Crippen LogP contribution >= 0.6 is 12.4 Å². The summed E-state index contributed by atoms with van der Waals surface area (Å²) in [6, 6.07) is 0. The van der Waals surface area contributed by atoms with Crippen molar-refractivity contribution in [3.8, 4) is 0 Å². The molecule has 1 fully saturated rings. The lowest BCUT2D eigenvalue weighted by atomic mass is 9.92. The average Bonchev–Trinajstić information content (AvgIpc) is 2.36. The number of unbranched alkanes of at least 4 members (excludes halogenated alkanes) is 1. The van der Waals surface area contributed by atoms with Gasteiger partial charge < -0.3 is 16.0 Å². The predicted octanol–water partition coefficient (Wildman–Crippen LogP) is 2.80. The summed E-state index contributed by atoms with van der Waals surface area (Å²) >= 11 is 0. The quantitative estimate of drug-likeness (QED) is 0.671. The number of carbonyl (C=O) groups excluding carboxylic acids is 1. The molecule has 3 atom stereocenters. The van der Waals surface area contributed by atoms with Gasteiger partial charge in [-0.1, -0.05) is 27.2 Å². The molecular formula is C17H36ClN3O. The van der Waals surface area contributed by atoms with Gasteiger partial charge in [0.1, 0.15) is 0 Å². The molecule has 0 spiro atoms. The Hall–Kier alpha value is -0.320. The van der Waals surface area contributed by atoms with Gasteiger partial charge in [-0.05, 0) is 51.0 Å². The number of carbonyl (C=O) groups is 1. The van der Waals surface area contributed by atoms with Gasteiger partial charge >= 0.3 is 0 Å². The molecule has 0 aromatic carbocycles. The molecule has 3 N–H and O–H groups in total. The van der Waals surface area contributed by atoms with Gasteiger partial charge in [-0.15, -0.1) is 12.4 Å². The SMILES string of the molecule is CCCC(C)(N)C(=O)NCCCCN1CC(C)CC(C)C1.Cl. The smallest absolute Gasteiger partial charge is 0.239 e. The van der Waals surface area contributed by atoms with E-state index in [1.807, 2.05) is 6.92 Å². The maximum atomic E-state index is 12.0. The second-order valence-electron chi connectivity index (χ2n) is 7.34. The van der Waals surface area contributed by atoms with Crippen molar-refractivity contribution in [2.45, 2.75) is 65.3 Å². The number of nitrogens with two attached hydrogens (primary N) is 1. The summed E-state index contributed by atoms with van der Waals surface area (Å²) in [6.07, 6.45) is 5.22. The second-order valence-corrected chi connectivity index (χ2v) is 7.34. The summed E-state index contributed by atoms with van der Waals surface area (Å²) in [5.74, 6) is 1.63. The first kappa shape index (κ1) is 21.7. The fourth-order valence-corrected chi connectivity index (χ4v) is 3.47. The highest BCUT2D eigenvalue weighted by molar-refractivity contribution is 5.85. The minimum Gasteiger partial charge on any atom is -0.355 e. The van der Waals surface area contributed by atoms with Crippen molar-refractivity contribution in [1.82, 2.24) is 10.2 Å². The van der Waals surface area contributed by atoms with E-state index in [0.717, 1.165) is 50.6 Å². The molecule has 1 heterocycles. The number of likely N-dealkylation sites (tertiary alicyclic amines) is 1. The summed E-state index contributed by atoms with van der Waals surface area (Å²) in [6.45, 7) is 12.9. The zero-order valence-electron chi connectivity index (χ0n) is 14.9. The Kier molecular flexibility index (Phi) is 10.3. The van der Waals surface area contributed by atoms with Gasteiger partial charge in [-0.25, -0.2) is 0 Å². The van der Waals surface area contributed by atoms with Crippen molar-refractivity contribution < 1.29 is 4.79 Å². The molecule has 3 unspecified atom stereocenters. The number of hydrogen-bond donors (Lipinski definition) is 2. The van der Waals surface area contributed by atoms with Crippen LogP contribution in [0.25, 0.3) is 0 Å². The van der Waals surface area contributed by atoms with E-state index in [9.17, 15) is 4.79 Å². The van der Waals surface area contributed by atoms with E-state index >= 15 is 0 Å².